The minimum absolute atomic E-state index is 0.116. The summed E-state index contributed by atoms with van der Waals surface area (Å²) in [6.07, 6.45) is 3.40. The number of aromatic nitrogens is 1. The second-order valence-corrected chi connectivity index (χ2v) is 10.1. The van der Waals surface area contributed by atoms with Crippen molar-refractivity contribution in [1.29, 1.82) is 0 Å². The van der Waals surface area contributed by atoms with Crippen LogP contribution in [-0.2, 0) is 27.3 Å². The molecular formula is C29H38N4O5. The first-order chi connectivity index (χ1) is 18.2. The average Bonchev–Trinajstić information content (AvgIpc) is 3.28. The van der Waals surface area contributed by atoms with E-state index in [1.165, 1.54) is 0 Å². The van der Waals surface area contributed by atoms with Crippen LogP contribution in [0.25, 0.3) is 10.9 Å². The first-order valence-electron chi connectivity index (χ1n) is 13.0. The van der Waals surface area contributed by atoms with Crippen molar-refractivity contribution in [3.8, 4) is 0 Å². The van der Waals surface area contributed by atoms with E-state index in [1.807, 2.05) is 81.6 Å². The summed E-state index contributed by atoms with van der Waals surface area (Å²) in [7, 11) is 0. The molecule has 0 saturated carbocycles. The highest BCUT2D eigenvalue weighted by atomic mass is 16.6. The minimum Gasteiger partial charge on any atom is -0.445 e. The Morgan fingerprint density at radius 2 is 1.55 bits per heavy atom. The molecule has 0 aliphatic heterocycles. The molecule has 1 heterocycles. The molecule has 204 valence electrons. The molecule has 0 spiro atoms. The number of amides is 3. The lowest BCUT2D eigenvalue weighted by Crippen LogP contribution is -2.48. The predicted molar refractivity (Wildman–Crippen MR) is 147 cm³/mol. The van der Waals surface area contributed by atoms with Gasteiger partial charge in [0.15, 0.2) is 0 Å². The summed E-state index contributed by atoms with van der Waals surface area (Å²) in [5.41, 5.74) is 2.23. The van der Waals surface area contributed by atoms with Crippen LogP contribution in [0, 0.1) is 0 Å². The fraction of sp³-hybridized carbons (Fsp3) is 0.414. The Kier molecular flexibility index (Phi) is 10.6. The third-order valence-corrected chi connectivity index (χ3v) is 5.74. The van der Waals surface area contributed by atoms with E-state index in [1.54, 1.807) is 0 Å². The molecule has 0 aliphatic rings. The average molecular weight is 523 g/mol. The Labute approximate surface area is 223 Å². The molecule has 0 fully saturated rings. The van der Waals surface area contributed by atoms with Crippen molar-refractivity contribution in [1.82, 2.24) is 20.9 Å². The maximum Gasteiger partial charge on any atom is 0.408 e. The second-order valence-electron chi connectivity index (χ2n) is 10.1. The van der Waals surface area contributed by atoms with Gasteiger partial charge < -0.3 is 30.4 Å². The standard InChI is InChI=1S/C29H38N4O5/c1-29(2,3)38-27(35)31-17-11-5-10-16-30-26(34)25(18-22-19-32-24-15-9-8-14-23(22)24)33-28(36)37-20-21-12-6-4-7-13-21/h4,6-9,12-15,19,25,32H,5,10-11,16-18,20H2,1-3H3,(H,30,34)(H,31,35)(H,33,36)/t25-/m1/s1. The maximum atomic E-state index is 13.1. The van der Waals surface area contributed by atoms with Crippen molar-refractivity contribution in [3.05, 3.63) is 71.9 Å². The van der Waals surface area contributed by atoms with Gasteiger partial charge in [0.1, 0.15) is 18.2 Å². The Morgan fingerprint density at radius 3 is 2.29 bits per heavy atom. The number of benzene rings is 2. The van der Waals surface area contributed by atoms with E-state index in [0.29, 0.717) is 19.5 Å². The number of hydrogen-bond acceptors (Lipinski definition) is 5. The van der Waals surface area contributed by atoms with Crippen molar-refractivity contribution in [2.45, 2.75) is 64.7 Å². The summed E-state index contributed by atoms with van der Waals surface area (Å²) in [4.78, 5) is 40.5. The van der Waals surface area contributed by atoms with Crippen LogP contribution in [0.1, 0.15) is 51.2 Å². The molecule has 1 atom stereocenters. The zero-order chi connectivity index (χ0) is 27.4. The van der Waals surface area contributed by atoms with Gasteiger partial charge in [0.2, 0.25) is 5.91 Å². The third kappa shape index (κ3) is 9.80. The van der Waals surface area contributed by atoms with E-state index in [9.17, 15) is 14.4 Å². The molecule has 0 saturated heterocycles. The molecule has 4 N–H and O–H groups in total. The van der Waals surface area contributed by atoms with Crippen molar-refractivity contribution < 1.29 is 23.9 Å². The quantitative estimate of drug-likeness (QED) is 0.254. The number of carbonyl (C=O) groups excluding carboxylic acids is 3. The number of para-hydroxylation sites is 1. The topological polar surface area (TPSA) is 122 Å². The number of hydrogen-bond donors (Lipinski definition) is 4. The van der Waals surface area contributed by atoms with Crippen molar-refractivity contribution >= 4 is 29.0 Å². The molecule has 3 amide bonds. The van der Waals surface area contributed by atoms with Crippen LogP contribution < -0.4 is 16.0 Å². The third-order valence-electron chi connectivity index (χ3n) is 5.74. The van der Waals surface area contributed by atoms with Crippen molar-refractivity contribution in [2.24, 2.45) is 0 Å². The second kappa shape index (κ2) is 14.1. The molecule has 3 rings (SSSR count). The molecular weight excluding hydrogens is 484 g/mol. The Hall–Kier alpha value is -4.01. The monoisotopic (exact) mass is 522 g/mol. The number of alkyl carbamates (subject to hydrolysis) is 2. The zero-order valence-electron chi connectivity index (χ0n) is 22.3. The number of nitrogens with one attached hydrogen (secondary N) is 4. The smallest absolute Gasteiger partial charge is 0.408 e. The van der Waals surface area contributed by atoms with Crippen molar-refractivity contribution in [2.75, 3.05) is 13.1 Å². The highest BCUT2D eigenvalue weighted by Gasteiger charge is 2.23. The van der Waals surface area contributed by atoms with Gasteiger partial charge in [0.05, 0.1) is 0 Å². The number of H-pyrrole nitrogens is 1. The SMILES string of the molecule is CC(C)(C)OC(=O)NCCCCCNC(=O)[C@@H](Cc1c[nH]c2ccccc12)NC(=O)OCc1ccccc1. The molecule has 1 aromatic heterocycles. The van der Waals surface area contributed by atoms with E-state index in [4.69, 9.17) is 9.47 Å². The number of rotatable bonds is 12. The lowest BCUT2D eigenvalue weighted by atomic mass is 10.0. The maximum absolute atomic E-state index is 13.1. The Balaban J connectivity index is 1.48. The number of carbonyl (C=O) groups is 3. The van der Waals surface area contributed by atoms with Gasteiger partial charge in [0.25, 0.3) is 0 Å². The number of ether oxygens (including phenoxy) is 2. The van der Waals surface area contributed by atoms with Crippen LogP contribution in [0.2, 0.25) is 0 Å². The fourth-order valence-corrected chi connectivity index (χ4v) is 3.90. The molecule has 0 radical (unpaired) electrons. The Bertz CT molecular complexity index is 1190. The van der Waals surface area contributed by atoms with E-state index < -0.39 is 23.8 Å². The highest BCUT2D eigenvalue weighted by molar-refractivity contribution is 5.88. The van der Waals surface area contributed by atoms with E-state index >= 15 is 0 Å². The molecule has 0 aliphatic carbocycles. The molecule has 3 aromatic rings. The van der Waals surface area contributed by atoms with Crippen LogP contribution in [0.15, 0.2) is 60.8 Å². The summed E-state index contributed by atoms with van der Waals surface area (Å²) in [6.45, 7) is 6.53. The van der Waals surface area contributed by atoms with E-state index in [0.717, 1.165) is 41.3 Å². The van der Waals surface area contributed by atoms with Gasteiger partial charge in [-0.1, -0.05) is 48.5 Å². The van der Waals surface area contributed by atoms with Gasteiger partial charge in [-0.15, -0.1) is 0 Å². The van der Waals surface area contributed by atoms with Crippen LogP contribution in [0.4, 0.5) is 9.59 Å². The fourth-order valence-electron chi connectivity index (χ4n) is 3.90. The summed E-state index contributed by atoms with van der Waals surface area (Å²) >= 11 is 0. The van der Waals surface area contributed by atoms with Crippen LogP contribution >= 0.6 is 0 Å². The zero-order valence-corrected chi connectivity index (χ0v) is 22.3. The molecule has 38 heavy (non-hydrogen) atoms. The molecule has 9 nitrogen and oxygen atoms in total. The van der Waals surface area contributed by atoms with Gasteiger partial charge in [-0.05, 0) is 57.2 Å². The lowest BCUT2D eigenvalue weighted by Gasteiger charge is -2.19. The molecule has 0 bridgehead atoms. The number of unbranched alkanes of at least 4 members (excludes halogenated alkanes) is 2. The van der Waals surface area contributed by atoms with Gasteiger partial charge in [-0.3, -0.25) is 4.79 Å². The summed E-state index contributed by atoms with van der Waals surface area (Å²) in [6, 6.07) is 16.4. The minimum atomic E-state index is -0.800. The van der Waals surface area contributed by atoms with E-state index in [-0.39, 0.29) is 12.5 Å². The van der Waals surface area contributed by atoms with Crippen LogP contribution in [0.5, 0.6) is 0 Å². The Morgan fingerprint density at radius 1 is 0.868 bits per heavy atom. The molecule has 9 heteroatoms. The summed E-state index contributed by atoms with van der Waals surface area (Å²) < 4.78 is 10.6. The normalized spacial score (nSPS) is 12.0. The summed E-state index contributed by atoms with van der Waals surface area (Å²) in [5, 5.41) is 9.39. The largest absolute Gasteiger partial charge is 0.445 e. The number of aromatic amines is 1. The van der Waals surface area contributed by atoms with E-state index in [2.05, 4.69) is 20.9 Å². The molecule has 0 unspecified atom stereocenters. The highest BCUT2D eigenvalue weighted by Crippen LogP contribution is 2.19. The van der Waals surface area contributed by atoms with Gasteiger partial charge in [-0.2, -0.15) is 0 Å². The van der Waals surface area contributed by atoms with Crippen LogP contribution in [0.3, 0.4) is 0 Å². The first-order valence-corrected chi connectivity index (χ1v) is 13.0. The van der Waals surface area contributed by atoms with Gasteiger partial charge >= 0.3 is 12.2 Å². The lowest BCUT2D eigenvalue weighted by molar-refractivity contribution is -0.123. The van der Waals surface area contributed by atoms with Crippen LogP contribution in [-0.4, -0.2) is 47.8 Å². The molecule has 2 aromatic carbocycles. The van der Waals surface area contributed by atoms with Gasteiger partial charge in [-0.25, -0.2) is 9.59 Å². The van der Waals surface area contributed by atoms with Gasteiger partial charge in [0, 0.05) is 36.6 Å². The van der Waals surface area contributed by atoms with Crippen molar-refractivity contribution in [3.63, 3.8) is 0 Å². The number of fused-ring (bicyclic) bond motifs is 1. The first kappa shape index (κ1) is 28.6. The predicted octanol–water partition coefficient (Wildman–Crippen LogP) is 4.82. The summed E-state index contributed by atoms with van der Waals surface area (Å²) in [5.74, 6) is -0.279.